The number of nitrogens with one attached hydrogen (secondary N) is 2. The number of hydrogen-bond acceptors (Lipinski definition) is 10. The predicted molar refractivity (Wildman–Crippen MR) is 244 cm³/mol. The maximum Gasteiger partial charge on any atom is 0.408 e. The molecule has 8 rings (SSSR count). The topological polar surface area (TPSA) is 169 Å². The second kappa shape index (κ2) is 19.8. The first kappa shape index (κ1) is 47.1. The Morgan fingerprint density at radius 3 is 2.43 bits per heavy atom. The molecule has 4 aromatic rings. The number of ether oxygens (including phenoxy) is 3. The van der Waals surface area contributed by atoms with Gasteiger partial charge in [-0.05, 0) is 81.0 Å². The van der Waals surface area contributed by atoms with E-state index in [1.807, 2.05) is 5.38 Å². The zero-order chi connectivity index (χ0) is 46.0. The van der Waals surface area contributed by atoms with E-state index in [1.54, 1.807) is 18.2 Å². The van der Waals surface area contributed by atoms with Gasteiger partial charge in [0.05, 0.1) is 41.7 Å². The van der Waals surface area contributed by atoms with Crippen molar-refractivity contribution < 1.29 is 46.8 Å². The predicted octanol–water partition coefficient (Wildman–Crippen LogP) is 9.93. The summed E-state index contributed by atoms with van der Waals surface area (Å²) in [5.41, 5.74) is 0.988. The molecule has 6 atom stereocenters. The first-order valence-corrected chi connectivity index (χ1v) is 25.9. The van der Waals surface area contributed by atoms with Gasteiger partial charge in [0.1, 0.15) is 57.7 Å². The highest BCUT2D eigenvalue weighted by molar-refractivity contribution is 7.59. The van der Waals surface area contributed by atoms with Crippen molar-refractivity contribution in [2.45, 2.75) is 139 Å². The fourth-order valence-electron chi connectivity index (χ4n) is 9.74. The molecule has 2 saturated heterocycles. The van der Waals surface area contributed by atoms with Crippen LogP contribution in [0.1, 0.15) is 108 Å². The minimum absolute atomic E-state index is 0.0342. The molecule has 2 saturated carbocycles. The largest absolute Gasteiger partial charge is 0.495 e. The highest BCUT2D eigenvalue weighted by atomic mass is 35.5. The van der Waals surface area contributed by atoms with Crippen molar-refractivity contribution in [1.29, 1.82) is 0 Å². The summed E-state index contributed by atoms with van der Waals surface area (Å²) in [5.74, 6) is -2.41. The Bertz CT molecular complexity index is 2450. The van der Waals surface area contributed by atoms with Gasteiger partial charge in [0.2, 0.25) is 19.2 Å². The molecule has 0 radical (unpaired) electrons. The standard InChI is InChI=1S/C47H57ClF2N5O8PS/c1-27(2)20-41-51-37(26-65-41)36-22-40(31-18-19-39(61-3)42(48)43(31)52-36)62-30-21-38-44(56)54-47(64(59,60)25-32-33(49)15-11-16-34(32)50)23-28(47)12-7-5-4-6-8-17-35(45(57)55(38)24-30)53-46(58)63-29-13-9-10-14-29/h11,15-16,18-19,22,26-30,35,38H,4-10,12-14,17,20-21,23-25H2,1-3H3,(H,53,58)(H,54,56)(H,59,60)/t28-,30-,35+,38+,47+/m1/s1. The molecule has 13 nitrogen and oxygen atoms in total. The number of pyridine rings is 1. The van der Waals surface area contributed by atoms with E-state index < -0.39 is 78.0 Å². The monoisotopic (exact) mass is 955 g/mol. The van der Waals surface area contributed by atoms with Crippen molar-refractivity contribution in [3.8, 4) is 22.9 Å². The number of carbonyl (C=O) groups excluding carboxylic acids is 3. The smallest absolute Gasteiger partial charge is 0.408 e. The first-order chi connectivity index (χ1) is 31.2. The second-order valence-corrected chi connectivity index (χ2v) is 22.3. The Hall–Kier alpha value is -4.37. The van der Waals surface area contributed by atoms with Crippen LogP contribution < -0.4 is 20.1 Å². The van der Waals surface area contributed by atoms with Gasteiger partial charge >= 0.3 is 6.09 Å². The Morgan fingerprint density at radius 2 is 1.71 bits per heavy atom. The molecule has 0 spiro atoms. The third-order valence-corrected chi connectivity index (χ3v) is 17.2. The molecule has 2 aromatic carbocycles. The van der Waals surface area contributed by atoms with E-state index in [1.165, 1.54) is 29.4 Å². The van der Waals surface area contributed by atoms with Crippen LogP contribution in [0, 0.1) is 23.5 Å². The second-order valence-electron chi connectivity index (χ2n) is 18.4. The van der Waals surface area contributed by atoms with Crippen molar-refractivity contribution in [1.82, 2.24) is 25.5 Å². The summed E-state index contributed by atoms with van der Waals surface area (Å²) in [6, 6.07) is 6.23. The van der Waals surface area contributed by atoms with Crippen LogP contribution >= 0.6 is 30.3 Å². The highest BCUT2D eigenvalue weighted by Crippen LogP contribution is 2.71. The lowest BCUT2D eigenvalue weighted by atomic mass is 10.0. The van der Waals surface area contributed by atoms with Crippen LogP contribution in [0.15, 0.2) is 41.8 Å². The average molecular weight is 956 g/mol. The van der Waals surface area contributed by atoms with E-state index in [0.29, 0.717) is 65.4 Å². The Balaban J connectivity index is 1.14. The SMILES string of the molecule is COc1ccc2c(O[C@@H]3C[C@H]4C(=O)N[C@]5(P(=O)(O)Cc6c(F)cccc6F)C[C@H]5CCCCCCC[C@H](NC(=O)OC5CCCC5)C(=O)N4C3)cc(-c3csc(CC(C)C)n3)nc2c1Cl. The van der Waals surface area contributed by atoms with Gasteiger partial charge < -0.3 is 34.6 Å². The maximum absolute atomic E-state index is 15.0. The van der Waals surface area contributed by atoms with Crippen LogP contribution in [0.4, 0.5) is 13.6 Å². The zero-order valence-electron chi connectivity index (χ0n) is 37.0. The molecule has 4 heterocycles. The summed E-state index contributed by atoms with van der Waals surface area (Å²) >= 11 is 8.40. The number of rotatable bonds is 11. The van der Waals surface area contributed by atoms with Crippen molar-refractivity contribution in [2.75, 3.05) is 13.7 Å². The molecule has 2 aliphatic carbocycles. The molecule has 350 valence electrons. The van der Waals surface area contributed by atoms with E-state index in [0.717, 1.165) is 68.5 Å². The average Bonchev–Trinajstić information content (AvgIpc) is 3.68. The molecule has 1 unspecified atom stereocenters. The summed E-state index contributed by atoms with van der Waals surface area (Å²) in [6.07, 6.45) is 6.20. The molecule has 18 heteroatoms. The van der Waals surface area contributed by atoms with Crippen molar-refractivity contribution in [3.63, 3.8) is 0 Å². The van der Waals surface area contributed by atoms with Gasteiger partial charge in [0.25, 0.3) is 0 Å². The van der Waals surface area contributed by atoms with Gasteiger partial charge in [-0.3, -0.25) is 14.2 Å². The highest BCUT2D eigenvalue weighted by Gasteiger charge is 2.66. The molecule has 65 heavy (non-hydrogen) atoms. The van der Waals surface area contributed by atoms with Crippen molar-refractivity contribution >= 4 is 59.1 Å². The molecular formula is C47H57ClF2N5O8PS. The fourth-order valence-corrected chi connectivity index (χ4v) is 13.5. The molecule has 2 aliphatic heterocycles. The molecule has 0 bridgehead atoms. The van der Waals surface area contributed by atoms with Gasteiger partial charge in [0, 0.05) is 35.2 Å². The minimum Gasteiger partial charge on any atom is -0.495 e. The van der Waals surface area contributed by atoms with Crippen LogP contribution in [0.25, 0.3) is 22.3 Å². The van der Waals surface area contributed by atoms with Gasteiger partial charge in [-0.25, -0.2) is 23.5 Å². The summed E-state index contributed by atoms with van der Waals surface area (Å²) in [4.78, 5) is 66.1. The number of fused-ring (bicyclic) bond motifs is 3. The number of amides is 3. The van der Waals surface area contributed by atoms with Gasteiger partial charge in [-0.2, -0.15) is 0 Å². The van der Waals surface area contributed by atoms with Gasteiger partial charge in [-0.15, -0.1) is 11.3 Å². The van der Waals surface area contributed by atoms with E-state index in [2.05, 4.69) is 24.5 Å². The van der Waals surface area contributed by atoms with Crippen LogP contribution in [0.3, 0.4) is 0 Å². The molecule has 4 fully saturated rings. The van der Waals surface area contributed by atoms with E-state index >= 15 is 0 Å². The lowest BCUT2D eigenvalue weighted by Gasteiger charge is -2.31. The van der Waals surface area contributed by atoms with Crippen LogP contribution in [-0.4, -0.2) is 80.9 Å². The molecular weight excluding hydrogens is 899 g/mol. The molecule has 2 aromatic heterocycles. The summed E-state index contributed by atoms with van der Waals surface area (Å²) < 4.78 is 62.5. The molecule has 4 aliphatic rings. The third-order valence-electron chi connectivity index (χ3n) is 13.3. The normalized spacial score (nSPS) is 25.3. The number of aromatic nitrogens is 2. The first-order valence-electron chi connectivity index (χ1n) is 22.8. The number of methoxy groups -OCH3 is 1. The number of carbonyl (C=O) groups is 3. The number of halogens is 3. The van der Waals surface area contributed by atoms with Gasteiger partial charge in [0.15, 0.2) is 0 Å². The molecule has 3 amide bonds. The van der Waals surface area contributed by atoms with Gasteiger partial charge in [-0.1, -0.05) is 63.6 Å². The van der Waals surface area contributed by atoms with Crippen molar-refractivity contribution in [2.24, 2.45) is 11.8 Å². The molecule has 3 N–H and O–H groups in total. The van der Waals surface area contributed by atoms with E-state index in [4.69, 9.17) is 35.8 Å². The number of thiazole rings is 1. The summed E-state index contributed by atoms with van der Waals surface area (Å²) in [5, 5.41) is 7.73. The summed E-state index contributed by atoms with van der Waals surface area (Å²) in [6.45, 7) is 4.15. The van der Waals surface area contributed by atoms with Crippen LogP contribution in [-0.2, 0) is 31.5 Å². The lowest BCUT2D eigenvalue weighted by Crippen LogP contribution is -2.55. The summed E-state index contributed by atoms with van der Waals surface area (Å²) in [7, 11) is -3.05. The Morgan fingerprint density at radius 1 is 1.00 bits per heavy atom. The van der Waals surface area contributed by atoms with Crippen molar-refractivity contribution in [3.05, 3.63) is 69.0 Å². The number of alkyl carbamates (subject to hydrolysis) is 1. The maximum atomic E-state index is 15.0. The van der Waals surface area contributed by atoms with Crippen LogP contribution in [0.2, 0.25) is 5.02 Å². The Kier molecular flexibility index (Phi) is 14.4. The minimum atomic E-state index is -4.56. The van der Waals surface area contributed by atoms with E-state index in [-0.39, 0.29) is 30.5 Å². The number of benzene rings is 2. The fraction of sp³-hybridized carbons (Fsp3) is 0.553. The van der Waals surface area contributed by atoms with Crippen LogP contribution in [0.5, 0.6) is 11.5 Å². The number of nitrogens with zero attached hydrogens (tertiary/aromatic N) is 3. The number of hydrogen-bond donors (Lipinski definition) is 3. The zero-order valence-corrected chi connectivity index (χ0v) is 39.4. The van der Waals surface area contributed by atoms with E-state index in [9.17, 15) is 32.6 Å². The Labute approximate surface area is 386 Å². The quantitative estimate of drug-likeness (QED) is 0.123. The lowest BCUT2D eigenvalue weighted by molar-refractivity contribution is -0.140. The third kappa shape index (κ3) is 10.3.